The zero-order valence-electron chi connectivity index (χ0n) is 46.0. The highest BCUT2D eigenvalue weighted by atomic mass is 28.3. The fourth-order valence-electron chi connectivity index (χ4n) is 12.5. The fraction of sp³-hybridized carbons (Fsp3) is 0.211. The first-order valence-corrected chi connectivity index (χ1v) is 34.1. The molecule has 0 bridgehead atoms. The molecule has 1 spiro atoms. The molecule has 0 fully saturated rings. The lowest BCUT2D eigenvalue weighted by atomic mass is 9.69. The Hall–Kier alpha value is -7.25. The first-order valence-electron chi connectivity index (χ1n) is 27.1. The Morgan fingerprint density at radius 3 is 1.16 bits per heavy atom. The van der Waals surface area contributed by atoms with E-state index in [4.69, 9.17) is 0 Å². The van der Waals surface area contributed by atoms with E-state index in [-0.39, 0.29) is 10.8 Å². The molecule has 0 saturated carbocycles. The lowest BCUT2D eigenvalue weighted by Crippen LogP contribution is -2.37. The van der Waals surface area contributed by atoms with Crippen LogP contribution in [0.25, 0.3) is 43.8 Å². The summed E-state index contributed by atoms with van der Waals surface area (Å²) in [5, 5.41) is 8.00. The first-order chi connectivity index (χ1) is 35.7. The minimum Gasteiger partial charge on any atom is -0.310 e. The first kappa shape index (κ1) is 48.7. The van der Waals surface area contributed by atoms with Crippen molar-refractivity contribution >= 4 is 82.2 Å². The monoisotopic (exact) mass is 1010 g/mol. The summed E-state index contributed by atoms with van der Waals surface area (Å²) >= 11 is 0. The van der Waals surface area contributed by atoms with Crippen molar-refractivity contribution in [3.63, 3.8) is 0 Å². The van der Waals surface area contributed by atoms with Crippen molar-refractivity contribution in [3.05, 3.63) is 240 Å². The number of fused-ring (bicyclic) bond motifs is 15. The fourth-order valence-corrected chi connectivity index (χ4v) is 14.8. The predicted molar refractivity (Wildman–Crippen MR) is 330 cm³/mol. The minimum atomic E-state index is -1.54. The molecular weight excluding hydrogens is 937 g/mol. The molecule has 75 heavy (non-hydrogen) atoms. The average Bonchev–Trinajstić information content (AvgIpc) is 3.91. The highest BCUT2D eigenvalue weighted by Crippen LogP contribution is 2.66. The number of benzene rings is 10. The second-order valence-electron chi connectivity index (χ2n) is 25.5. The van der Waals surface area contributed by atoms with E-state index in [1.807, 2.05) is 0 Å². The van der Waals surface area contributed by atoms with Gasteiger partial charge < -0.3 is 9.80 Å². The molecule has 0 saturated heterocycles. The third-order valence-corrected chi connectivity index (χ3v) is 20.6. The summed E-state index contributed by atoms with van der Waals surface area (Å²) in [4.78, 5) is 4.96. The molecule has 0 aromatic heterocycles. The van der Waals surface area contributed by atoms with E-state index < -0.39 is 21.6 Å². The molecule has 0 heterocycles. The molecule has 0 radical (unpaired) electrons. The van der Waals surface area contributed by atoms with Gasteiger partial charge in [-0.15, -0.1) is 0 Å². The Balaban J connectivity index is 1.13. The van der Waals surface area contributed by atoms with Gasteiger partial charge in [-0.2, -0.15) is 0 Å². The summed E-state index contributed by atoms with van der Waals surface area (Å²) in [6, 6.07) is 79.9. The Morgan fingerprint density at radius 2 is 0.707 bits per heavy atom. The van der Waals surface area contributed by atoms with Gasteiger partial charge in [-0.25, -0.2) is 0 Å². The van der Waals surface area contributed by atoms with Crippen molar-refractivity contribution in [2.75, 3.05) is 9.80 Å². The second kappa shape index (κ2) is 17.4. The molecule has 2 aliphatic rings. The Morgan fingerprint density at radius 1 is 0.320 bits per heavy atom. The van der Waals surface area contributed by atoms with Gasteiger partial charge in [0.1, 0.15) is 0 Å². The van der Waals surface area contributed by atoms with Crippen LogP contribution in [0.3, 0.4) is 0 Å². The van der Waals surface area contributed by atoms with Gasteiger partial charge in [-0.3, -0.25) is 0 Å². The van der Waals surface area contributed by atoms with E-state index in [0.717, 1.165) is 34.1 Å². The van der Waals surface area contributed by atoms with Crippen LogP contribution in [-0.2, 0) is 16.2 Å². The maximum Gasteiger partial charge on any atom is 0.0775 e. The molecule has 0 aliphatic heterocycles. The lowest BCUT2D eigenvalue weighted by molar-refractivity contribution is 0.590. The van der Waals surface area contributed by atoms with Gasteiger partial charge in [0.15, 0.2) is 0 Å². The Labute approximate surface area is 448 Å². The Bertz CT molecular complexity index is 3680. The molecular formula is C71H70N2Si2. The van der Waals surface area contributed by atoms with Gasteiger partial charge in [0.05, 0.1) is 21.6 Å². The normalized spacial score (nSPS) is 13.7. The summed E-state index contributed by atoms with van der Waals surface area (Å²) in [5.41, 5.74) is 19.7. The number of anilines is 6. The summed E-state index contributed by atoms with van der Waals surface area (Å²) in [6.45, 7) is 28.4. The molecule has 0 N–H and O–H groups in total. The molecule has 2 nitrogen and oxygen atoms in total. The van der Waals surface area contributed by atoms with Crippen molar-refractivity contribution in [3.8, 4) is 22.3 Å². The molecule has 10 aromatic rings. The van der Waals surface area contributed by atoms with Crippen LogP contribution in [0.1, 0.15) is 74.9 Å². The third-order valence-electron chi connectivity index (χ3n) is 16.5. The van der Waals surface area contributed by atoms with Gasteiger partial charge in [-0.05, 0) is 161 Å². The molecule has 2 aliphatic carbocycles. The van der Waals surface area contributed by atoms with Gasteiger partial charge in [0.25, 0.3) is 0 Å². The third kappa shape index (κ3) is 7.94. The second-order valence-corrected chi connectivity index (χ2v) is 35.6. The minimum absolute atomic E-state index is 0.0403. The van der Waals surface area contributed by atoms with E-state index in [1.165, 1.54) is 87.6 Å². The number of hydrogen-bond donors (Lipinski definition) is 0. The molecule has 4 heteroatoms. The van der Waals surface area contributed by atoms with Gasteiger partial charge in [-0.1, -0.05) is 225 Å². The van der Waals surface area contributed by atoms with Crippen molar-refractivity contribution in [1.29, 1.82) is 0 Å². The summed E-state index contributed by atoms with van der Waals surface area (Å²) in [7, 11) is -3.07. The van der Waals surface area contributed by atoms with E-state index in [2.05, 4.69) is 297 Å². The van der Waals surface area contributed by atoms with Crippen LogP contribution >= 0.6 is 0 Å². The highest BCUT2D eigenvalue weighted by Gasteiger charge is 2.53. The van der Waals surface area contributed by atoms with Crippen LogP contribution in [0.5, 0.6) is 0 Å². The smallest absolute Gasteiger partial charge is 0.0775 e. The van der Waals surface area contributed by atoms with Crippen LogP contribution in [-0.4, -0.2) is 16.1 Å². The highest BCUT2D eigenvalue weighted by molar-refractivity contribution is 6.89. The maximum atomic E-state index is 2.56. The van der Waals surface area contributed by atoms with Gasteiger partial charge >= 0.3 is 0 Å². The molecule has 12 rings (SSSR count). The van der Waals surface area contributed by atoms with E-state index in [1.54, 1.807) is 0 Å². The average molecular weight is 1010 g/mol. The summed E-state index contributed by atoms with van der Waals surface area (Å²) in [6.07, 6.45) is 0. The van der Waals surface area contributed by atoms with Crippen LogP contribution in [0.15, 0.2) is 206 Å². The molecule has 0 amide bonds. The van der Waals surface area contributed by atoms with Crippen LogP contribution in [0, 0.1) is 0 Å². The quantitative estimate of drug-likeness (QED) is 0.111. The maximum absolute atomic E-state index is 2.56. The van der Waals surface area contributed by atoms with E-state index in [9.17, 15) is 0 Å². The zero-order chi connectivity index (χ0) is 52.4. The molecule has 0 unspecified atom stereocenters. The van der Waals surface area contributed by atoms with Gasteiger partial charge in [0, 0.05) is 34.1 Å². The van der Waals surface area contributed by atoms with Gasteiger partial charge in [0.2, 0.25) is 0 Å². The SMILES string of the molecule is CC(C)(C)c1ccc(N(c2ccc([Si](C)(C)C)cc2)c2ccc3c(c2)C2(c4ccccc4-c4ccccc42)c2c-3c3ccccc3c3cc(N(c4ccc(C(C)(C)C)cc4)c4ccc([Si](C)(C)C)cc4)ccc23)cc1. The topological polar surface area (TPSA) is 6.48 Å². The number of rotatable bonds is 8. The van der Waals surface area contributed by atoms with Crippen molar-refractivity contribution in [2.45, 2.75) is 97.1 Å². The molecule has 372 valence electrons. The van der Waals surface area contributed by atoms with Crippen LogP contribution in [0.4, 0.5) is 34.1 Å². The van der Waals surface area contributed by atoms with Crippen molar-refractivity contribution < 1.29 is 0 Å². The van der Waals surface area contributed by atoms with Crippen LogP contribution in [0.2, 0.25) is 39.3 Å². The zero-order valence-corrected chi connectivity index (χ0v) is 48.0. The van der Waals surface area contributed by atoms with E-state index >= 15 is 0 Å². The lowest BCUT2D eigenvalue weighted by Gasteiger charge is -2.33. The molecule has 10 aromatic carbocycles. The van der Waals surface area contributed by atoms with Crippen molar-refractivity contribution in [2.24, 2.45) is 0 Å². The Kier molecular flexibility index (Phi) is 11.3. The van der Waals surface area contributed by atoms with Crippen molar-refractivity contribution in [1.82, 2.24) is 0 Å². The summed E-state index contributed by atoms with van der Waals surface area (Å²) in [5.74, 6) is 0. The molecule has 0 atom stereocenters. The number of hydrogen-bond acceptors (Lipinski definition) is 2. The van der Waals surface area contributed by atoms with E-state index in [0.29, 0.717) is 0 Å². The largest absolute Gasteiger partial charge is 0.310 e. The van der Waals surface area contributed by atoms with Crippen LogP contribution < -0.4 is 20.2 Å². The summed E-state index contributed by atoms with van der Waals surface area (Å²) < 4.78 is 0. The standard InChI is InChI=1S/C71H70N2Si2/c1-69(2,3)47-25-29-49(30-26-47)72(51-33-39-55(40-34-51)74(7,8)9)53-37-43-61-63(45-53)57-19-13-14-22-60(57)67-62-44-38-54(46-66(62)71(68(61)67)64-23-17-15-20-58(64)59-21-16-18-24-65(59)71)73(50-31-27-48(28-32-50)70(4,5)6)52-35-41-56(42-36-52)75(10,11)12/h13-46H,1-12H3. The predicted octanol–water partition coefficient (Wildman–Crippen LogP) is 19.0. The number of nitrogens with zero attached hydrogens (tertiary/aromatic N) is 2.